The number of hydrogen-bond donors (Lipinski definition) is 1. The molecule has 1 saturated heterocycles. The largest absolute Gasteiger partial charge is 0.490 e. The monoisotopic (exact) mass is 407 g/mol. The van der Waals surface area contributed by atoms with Crippen LogP contribution in [-0.4, -0.2) is 46.9 Å². The van der Waals surface area contributed by atoms with E-state index in [0.29, 0.717) is 11.5 Å². The summed E-state index contributed by atoms with van der Waals surface area (Å²) in [5.74, 6) is 1.28. The quantitative estimate of drug-likeness (QED) is 0.765. The molecule has 1 atom stereocenters. The molecule has 158 valence electrons. The second-order valence-electron chi connectivity index (χ2n) is 8.38. The van der Waals surface area contributed by atoms with Gasteiger partial charge < -0.3 is 15.0 Å². The highest BCUT2D eigenvalue weighted by Gasteiger charge is 2.35. The zero-order valence-corrected chi connectivity index (χ0v) is 17.4. The summed E-state index contributed by atoms with van der Waals surface area (Å²) in [6, 6.07) is 11.2. The number of likely N-dealkylation sites (tertiary alicyclic amines) is 1. The van der Waals surface area contributed by atoms with Crippen molar-refractivity contribution >= 4 is 11.8 Å². The van der Waals surface area contributed by atoms with Crippen molar-refractivity contribution in [2.45, 2.75) is 51.2 Å². The van der Waals surface area contributed by atoms with Gasteiger partial charge in [0.1, 0.15) is 11.9 Å². The molecule has 2 aliphatic rings. The highest BCUT2D eigenvalue weighted by Crippen LogP contribution is 2.32. The van der Waals surface area contributed by atoms with Gasteiger partial charge in [-0.15, -0.1) is 0 Å². The van der Waals surface area contributed by atoms with Gasteiger partial charge in [0.15, 0.2) is 0 Å². The number of aromatic nitrogens is 1. The van der Waals surface area contributed by atoms with Gasteiger partial charge in [-0.2, -0.15) is 0 Å². The highest BCUT2D eigenvalue weighted by molar-refractivity contribution is 5.94. The Kier molecular flexibility index (Phi) is 6.31. The van der Waals surface area contributed by atoms with Gasteiger partial charge in [0, 0.05) is 55.8 Å². The molecule has 1 aliphatic heterocycles. The molecule has 1 aliphatic carbocycles. The van der Waals surface area contributed by atoms with Gasteiger partial charge in [0.25, 0.3) is 5.91 Å². The molecule has 0 bridgehead atoms. The smallest absolute Gasteiger partial charge is 0.251 e. The lowest BCUT2D eigenvalue weighted by molar-refractivity contribution is -0.134. The maximum Gasteiger partial charge on any atom is 0.251 e. The molecule has 30 heavy (non-hydrogen) atoms. The predicted octanol–water partition coefficient (Wildman–Crippen LogP) is 3.22. The van der Waals surface area contributed by atoms with Crippen molar-refractivity contribution in [2.75, 3.05) is 13.1 Å². The average Bonchev–Trinajstić information content (AvgIpc) is 3.60. The van der Waals surface area contributed by atoms with Crippen LogP contribution in [0.4, 0.5) is 0 Å². The molecule has 1 N–H and O–H groups in total. The summed E-state index contributed by atoms with van der Waals surface area (Å²) in [5.41, 5.74) is 1.71. The molecular formula is C24H29N3O3. The minimum absolute atomic E-state index is 0.0150. The van der Waals surface area contributed by atoms with Crippen molar-refractivity contribution < 1.29 is 14.3 Å². The Morgan fingerprint density at radius 2 is 1.87 bits per heavy atom. The molecule has 0 spiro atoms. The molecule has 0 radical (unpaired) electrons. The molecule has 1 saturated carbocycles. The average molecular weight is 408 g/mol. The highest BCUT2D eigenvalue weighted by atomic mass is 16.5. The SMILES string of the molecule is C[C@H](Cc1cccnc1)NC(=O)c1ccc(OC2CCN(C(=O)C3CC3)CC2)cc1. The summed E-state index contributed by atoms with van der Waals surface area (Å²) in [4.78, 5) is 30.7. The van der Waals surface area contributed by atoms with Crippen LogP contribution in [0.15, 0.2) is 48.8 Å². The van der Waals surface area contributed by atoms with Crippen LogP contribution >= 0.6 is 0 Å². The number of piperidine rings is 1. The number of carbonyl (C=O) groups excluding carboxylic acids is 2. The van der Waals surface area contributed by atoms with Gasteiger partial charge in [0.05, 0.1) is 0 Å². The van der Waals surface area contributed by atoms with E-state index in [1.54, 1.807) is 18.3 Å². The molecule has 6 heteroatoms. The fraction of sp³-hybridized carbons (Fsp3) is 0.458. The molecule has 0 unspecified atom stereocenters. The lowest BCUT2D eigenvalue weighted by Gasteiger charge is -2.32. The first kappa shape index (κ1) is 20.4. The Labute approximate surface area is 177 Å². The molecule has 4 rings (SSSR count). The molecular weight excluding hydrogens is 378 g/mol. The lowest BCUT2D eigenvalue weighted by Crippen LogP contribution is -2.42. The standard InChI is InChI=1S/C24H29N3O3/c1-17(15-18-3-2-12-25-16-18)26-23(28)19-6-8-21(9-7-19)30-22-10-13-27(14-11-22)24(29)20-4-5-20/h2-3,6-9,12,16-17,20,22H,4-5,10-11,13-15H2,1H3,(H,26,28)/t17-/m1/s1. The zero-order valence-electron chi connectivity index (χ0n) is 17.4. The van der Waals surface area contributed by atoms with Crippen LogP contribution in [0.2, 0.25) is 0 Å². The number of nitrogens with zero attached hydrogens (tertiary/aromatic N) is 2. The van der Waals surface area contributed by atoms with E-state index < -0.39 is 0 Å². The molecule has 2 heterocycles. The molecule has 6 nitrogen and oxygen atoms in total. The number of ether oxygens (including phenoxy) is 1. The summed E-state index contributed by atoms with van der Waals surface area (Å²) in [7, 11) is 0. The van der Waals surface area contributed by atoms with Crippen LogP contribution in [0.5, 0.6) is 5.75 Å². The number of carbonyl (C=O) groups is 2. The lowest BCUT2D eigenvalue weighted by atomic mass is 10.1. The predicted molar refractivity (Wildman–Crippen MR) is 114 cm³/mol. The minimum Gasteiger partial charge on any atom is -0.490 e. The first-order chi connectivity index (χ1) is 14.6. The van der Waals surface area contributed by atoms with E-state index in [1.165, 1.54) is 0 Å². The molecule has 1 aromatic heterocycles. The third-order valence-electron chi connectivity index (χ3n) is 5.74. The van der Waals surface area contributed by atoms with Crippen LogP contribution in [0.25, 0.3) is 0 Å². The topological polar surface area (TPSA) is 71.5 Å². The summed E-state index contributed by atoms with van der Waals surface area (Å²) in [5, 5.41) is 3.03. The number of benzene rings is 1. The number of hydrogen-bond acceptors (Lipinski definition) is 4. The second-order valence-corrected chi connectivity index (χ2v) is 8.38. The van der Waals surface area contributed by atoms with Crippen LogP contribution in [0, 0.1) is 5.92 Å². The summed E-state index contributed by atoms with van der Waals surface area (Å²) < 4.78 is 6.08. The van der Waals surface area contributed by atoms with E-state index in [0.717, 1.165) is 56.5 Å². The van der Waals surface area contributed by atoms with Crippen molar-refractivity contribution in [3.8, 4) is 5.75 Å². The normalized spacial score (nSPS) is 18.0. The van der Waals surface area contributed by atoms with Gasteiger partial charge in [-0.05, 0) is 62.1 Å². The van der Waals surface area contributed by atoms with Gasteiger partial charge in [0.2, 0.25) is 5.91 Å². The second kappa shape index (κ2) is 9.28. The van der Waals surface area contributed by atoms with E-state index in [1.807, 2.05) is 42.3 Å². The first-order valence-corrected chi connectivity index (χ1v) is 10.8. The van der Waals surface area contributed by atoms with Crippen LogP contribution in [0.3, 0.4) is 0 Å². The summed E-state index contributed by atoms with van der Waals surface area (Å²) in [6.07, 6.45) is 8.23. The number of nitrogens with one attached hydrogen (secondary N) is 1. The number of amides is 2. The van der Waals surface area contributed by atoms with Crippen molar-refractivity contribution in [3.05, 3.63) is 59.9 Å². The fourth-order valence-electron chi connectivity index (χ4n) is 3.89. The van der Waals surface area contributed by atoms with Gasteiger partial charge in [-0.1, -0.05) is 6.07 Å². The van der Waals surface area contributed by atoms with Crippen molar-refractivity contribution in [1.29, 1.82) is 0 Å². The Hall–Kier alpha value is -2.89. The Bertz CT molecular complexity index is 857. The number of rotatable bonds is 7. The molecule has 2 amide bonds. The van der Waals surface area contributed by atoms with Gasteiger partial charge in [-0.3, -0.25) is 14.6 Å². The third-order valence-corrected chi connectivity index (χ3v) is 5.74. The van der Waals surface area contributed by atoms with E-state index in [4.69, 9.17) is 4.74 Å². The molecule has 2 fully saturated rings. The fourth-order valence-corrected chi connectivity index (χ4v) is 3.89. The molecule has 1 aromatic carbocycles. The Morgan fingerprint density at radius 3 is 2.50 bits per heavy atom. The van der Waals surface area contributed by atoms with E-state index in [9.17, 15) is 9.59 Å². The minimum atomic E-state index is -0.0927. The van der Waals surface area contributed by atoms with Gasteiger partial charge in [-0.25, -0.2) is 0 Å². The van der Waals surface area contributed by atoms with Crippen LogP contribution in [0.1, 0.15) is 48.5 Å². The summed E-state index contributed by atoms with van der Waals surface area (Å²) in [6.45, 7) is 3.54. The Morgan fingerprint density at radius 1 is 1.13 bits per heavy atom. The summed E-state index contributed by atoms with van der Waals surface area (Å²) >= 11 is 0. The Balaban J connectivity index is 1.23. The third kappa shape index (κ3) is 5.38. The van der Waals surface area contributed by atoms with Crippen LogP contribution in [-0.2, 0) is 11.2 Å². The van der Waals surface area contributed by atoms with E-state index in [2.05, 4.69) is 10.3 Å². The van der Waals surface area contributed by atoms with E-state index in [-0.39, 0.29) is 24.0 Å². The van der Waals surface area contributed by atoms with Crippen molar-refractivity contribution in [3.63, 3.8) is 0 Å². The van der Waals surface area contributed by atoms with Crippen LogP contribution < -0.4 is 10.1 Å². The van der Waals surface area contributed by atoms with Crippen molar-refractivity contribution in [1.82, 2.24) is 15.2 Å². The maximum atomic E-state index is 12.5. The molecule has 2 aromatic rings. The maximum absolute atomic E-state index is 12.5. The number of pyridine rings is 1. The van der Waals surface area contributed by atoms with E-state index >= 15 is 0 Å². The van der Waals surface area contributed by atoms with Crippen molar-refractivity contribution in [2.24, 2.45) is 5.92 Å². The zero-order chi connectivity index (χ0) is 20.9. The van der Waals surface area contributed by atoms with Gasteiger partial charge >= 0.3 is 0 Å². The first-order valence-electron chi connectivity index (χ1n) is 10.8.